The van der Waals surface area contributed by atoms with E-state index < -0.39 is 23.3 Å². The van der Waals surface area contributed by atoms with Crippen molar-refractivity contribution < 1.29 is 19.1 Å². The van der Waals surface area contributed by atoms with Crippen molar-refractivity contribution in [1.29, 1.82) is 0 Å². The minimum absolute atomic E-state index is 0.0430. The summed E-state index contributed by atoms with van der Waals surface area (Å²) in [5.74, 6) is -1.27. The second kappa shape index (κ2) is 7.79. The number of nitrogens with zero attached hydrogens (tertiary/aromatic N) is 2. The summed E-state index contributed by atoms with van der Waals surface area (Å²) in [6.45, 7) is 5.61. The molecule has 0 spiro atoms. The second-order valence-corrected chi connectivity index (χ2v) is 10.8. The van der Waals surface area contributed by atoms with Crippen LogP contribution in [0.4, 0.5) is 11.4 Å². The monoisotopic (exact) mass is 480 g/mol. The summed E-state index contributed by atoms with van der Waals surface area (Å²) in [6.07, 6.45) is 3.93. The Morgan fingerprint density at radius 1 is 0.889 bits per heavy atom. The van der Waals surface area contributed by atoms with Crippen molar-refractivity contribution in [2.75, 3.05) is 16.9 Å². The van der Waals surface area contributed by atoms with E-state index in [0.29, 0.717) is 11.4 Å². The Morgan fingerprint density at radius 3 is 2.33 bits per heavy atom. The van der Waals surface area contributed by atoms with Crippen LogP contribution in [0.15, 0.2) is 66.7 Å². The number of carbonyl (C=O) groups excluding carboxylic acids is 3. The first kappa shape index (κ1) is 22.5. The van der Waals surface area contributed by atoms with E-state index in [9.17, 15) is 14.4 Å². The molecular formula is C30H28N2O4. The van der Waals surface area contributed by atoms with Crippen LogP contribution in [0.1, 0.15) is 26.3 Å². The number of ether oxygens (including phenoxy) is 1. The molecule has 0 radical (unpaired) electrons. The fraction of sp³-hybridized carbons (Fsp3) is 0.300. The van der Waals surface area contributed by atoms with Gasteiger partial charge in [-0.2, -0.15) is 0 Å². The van der Waals surface area contributed by atoms with Gasteiger partial charge in [-0.25, -0.2) is 4.90 Å². The summed E-state index contributed by atoms with van der Waals surface area (Å²) >= 11 is 0. The van der Waals surface area contributed by atoms with Crippen molar-refractivity contribution in [3.05, 3.63) is 72.3 Å². The third-order valence-electron chi connectivity index (χ3n) is 7.71. The topological polar surface area (TPSA) is 66.9 Å². The van der Waals surface area contributed by atoms with E-state index in [0.717, 1.165) is 22.0 Å². The van der Waals surface area contributed by atoms with Crippen molar-refractivity contribution in [1.82, 2.24) is 0 Å². The lowest BCUT2D eigenvalue weighted by molar-refractivity contribution is -0.132. The number of hydrogen-bond donors (Lipinski definition) is 0. The minimum atomic E-state index is -0.751. The Kier molecular flexibility index (Phi) is 4.87. The van der Waals surface area contributed by atoms with Gasteiger partial charge < -0.3 is 9.64 Å². The highest BCUT2D eigenvalue weighted by atomic mass is 16.5. The molecular weight excluding hydrogens is 452 g/mol. The molecule has 0 bridgehead atoms. The Morgan fingerprint density at radius 2 is 1.61 bits per heavy atom. The lowest BCUT2D eigenvalue weighted by atomic mass is 9.79. The predicted octanol–water partition coefficient (Wildman–Crippen LogP) is 4.85. The molecule has 2 fully saturated rings. The molecule has 3 aliphatic rings. The molecule has 2 saturated heterocycles. The van der Waals surface area contributed by atoms with Gasteiger partial charge in [0.1, 0.15) is 11.8 Å². The quantitative estimate of drug-likeness (QED) is 0.501. The number of methoxy groups -OCH3 is 1. The van der Waals surface area contributed by atoms with Gasteiger partial charge in [0, 0.05) is 16.7 Å². The summed E-state index contributed by atoms with van der Waals surface area (Å²) in [6, 6.07) is 18.0. The lowest BCUT2D eigenvalue weighted by Gasteiger charge is -2.38. The molecule has 6 heteroatoms. The summed E-state index contributed by atoms with van der Waals surface area (Å²) in [5, 5.41) is 1.99. The summed E-state index contributed by atoms with van der Waals surface area (Å²) < 4.78 is 5.39. The van der Waals surface area contributed by atoms with Crippen LogP contribution in [0, 0.1) is 17.3 Å². The number of fused-ring (bicyclic) bond motifs is 6. The zero-order valence-electron chi connectivity index (χ0n) is 20.8. The zero-order chi connectivity index (χ0) is 25.4. The standard InChI is InChI=1S/C30H28N2O4/c1-30(2,3)27(33)26-25-24(23-13-10-19-16-21(36-4)12-14-22(19)32(23)26)28(34)31(29(25)35)20-11-9-17-7-5-6-8-18(17)15-20/h5-16,23-26H,1-4H3/t23-,24+,25-,26+/m1/s1. The first-order valence-corrected chi connectivity index (χ1v) is 12.3. The van der Waals surface area contributed by atoms with Gasteiger partial charge in [-0.3, -0.25) is 14.4 Å². The Hall–Kier alpha value is -3.93. The van der Waals surface area contributed by atoms with Crippen molar-refractivity contribution in [2.24, 2.45) is 17.3 Å². The van der Waals surface area contributed by atoms with E-state index in [-0.39, 0.29) is 23.6 Å². The highest BCUT2D eigenvalue weighted by Crippen LogP contribution is 2.51. The fourth-order valence-corrected chi connectivity index (χ4v) is 5.99. The smallest absolute Gasteiger partial charge is 0.240 e. The highest BCUT2D eigenvalue weighted by molar-refractivity contribution is 6.25. The highest BCUT2D eigenvalue weighted by Gasteiger charge is 2.65. The van der Waals surface area contributed by atoms with Crippen LogP contribution in [0.2, 0.25) is 0 Å². The Bertz CT molecular complexity index is 1470. The molecule has 182 valence electrons. The van der Waals surface area contributed by atoms with E-state index in [4.69, 9.17) is 4.74 Å². The molecule has 0 saturated carbocycles. The van der Waals surface area contributed by atoms with Crippen molar-refractivity contribution >= 4 is 45.8 Å². The van der Waals surface area contributed by atoms with Crippen molar-refractivity contribution in [3.63, 3.8) is 0 Å². The van der Waals surface area contributed by atoms with E-state index in [1.54, 1.807) is 7.11 Å². The molecule has 0 N–H and O–H groups in total. The van der Waals surface area contributed by atoms with Gasteiger partial charge in [-0.15, -0.1) is 0 Å². The van der Waals surface area contributed by atoms with Crippen LogP contribution >= 0.6 is 0 Å². The number of amides is 2. The number of rotatable bonds is 3. The number of anilines is 2. The van der Waals surface area contributed by atoms with E-state index in [1.165, 1.54) is 4.90 Å². The lowest BCUT2D eigenvalue weighted by Crippen LogP contribution is -2.51. The largest absolute Gasteiger partial charge is 0.497 e. The number of ketones is 1. The Labute approximate surface area is 210 Å². The Balaban J connectivity index is 1.48. The normalized spacial score (nSPS) is 24.7. The number of imide groups is 1. The van der Waals surface area contributed by atoms with E-state index in [2.05, 4.69) is 0 Å². The molecule has 6 nitrogen and oxygen atoms in total. The summed E-state index contributed by atoms with van der Waals surface area (Å²) in [7, 11) is 1.61. The SMILES string of the molecule is COc1ccc2c(c1)C=C[C@@H]1[C@@H]3C(=O)N(c4ccc5ccccc5c4)C(=O)[C@H]3[C@@H](C(=O)C(C)(C)C)N21. The average molecular weight is 481 g/mol. The van der Waals surface area contributed by atoms with Crippen molar-refractivity contribution in [3.8, 4) is 5.75 Å². The molecule has 0 aromatic heterocycles. The van der Waals surface area contributed by atoms with Gasteiger partial charge in [0.25, 0.3) is 0 Å². The summed E-state index contributed by atoms with van der Waals surface area (Å²) in [5.41, 5.74) is 1.62. The number of benzene rings is 3. The minimum Gasteiger partial charge on any atom is -0.497 e. The van der Waals surface area contributed by atoms with Gasteiger partial charge in [0.2, 0.25) is 11.8 Å². The van der Waals surface area contributed by atoms with Gasteiger partial charge in [0.05, 0.1) is 30.7 Å². The van der Waals surface area contributed by atoms with Crippen LogP contribution in [0.25, 0.3) is 16.8 Å². The molecule has 3 aliphatic heterocycles. The third-order valence-corrected chi connectivity index (χ3v) is 7.71. The van der Waals surface area contributed by atoms with Gasteiger partial charge >= 0.3 is 0 Å². The maximum absolute atomic E-state index is 14.0. The molecule has 36 heavy (non-hydrogen) atoms. The van der Waals surface area contributed by atoms with E-state index in [1.807, 2.05) is 98.5 Å². The molecule has 3 aromatic carbocycles. The van der Waals surface area contributed by atoms with Crippen molar-refractivity contribution in [2.45, 2.75) is 32.9 Å². The van der Waals surface area contributed by atoms with Gasteiger partial charge in [0.15, 0.2) is 5.78 Å². The first-order valence-electron chi connectivity index (χ1n) is 12.3. The number of hydrogen-bond acceptors (Lipinski definition) is 5. The zero-order valence-corrected chi connectivity index (χ0v) is 20.8. The predicted molar refractivity (Wildman–Crippen MR) is 140 cm³/mol. The first-order chi connectivity index (χ1) is 17.2. The molecule has 0 unspecified atom stereocenters. The number of carbonyl (C=O) groups is 3. The van der Waals surface area contributed by atoms with Crippen LogP contribution in [-0.2, 0) is 14.4 Å². The van der Waals surface area contributed by atoms with Gasteiger partial charge in [-0.05, 0) is 41.1 Å². The van der Waals surface area contributed by atoms with E-state index >= 15 is 0 Å². The molecule has 3 heterocycles. The van der Waals surface area contributed by atoms with Crippen LogP contribution in [0.3, 0.4) is 0 Å². The molecule has 4 atom stereocenters. The second-order valence-electron chi connectivity index (χ2n) is 10.8. The maximum Gasteiger partial charge on any atom is 0.240 e. The maximum atomic E-state index is 14.0. The molecule has 3 aromatic rings. The summed E-state index contributed by atoms with van der Waals surface area (Å²) in [4.78, 5) is 45.2. The molecule has 2 amide bonds. The third kappa shape index (κ3) is 3.13. The molecule has 0 aliphatic carbocycles. The average Bonchev–Trinajstić information content (AvgIpc) is 3.34. The van der Waals surface area contributed by atoms with Gasteiger partial charge in [-0.1, -0.05) is 63.3 Å². The number of Topliss-reactive ketones (excluding diaryl/α,β-unsaturated/α-hetero) is 1. The van der Waals surface area contributed by atoms with Crippen LogP contribution < -0.4 is 14.5 Å². The van der Waals surface area contributed by atoms with Crippen LogP contribution in [0.5, 0.6) is 5.75 Å². The molecule has 6 rings (SSSR count). The van der Waals surface area contributed by atoms with Crippen LogP contribution in [-0.4, -0.2) is 36.8 Å². The fourth-order valence-electron chi connectivity index (χ4n) is 5.99.